The van der Waals surface area contributed by atoms with Gasteiger partial charge in [0.2, 0.25) is 0 Å². The van der Waals surface area contributed by atoms with Crippen molar-refractivity contribution in [3.05, 3.63) is 66.0 Å². The minimum atomic E-state index is 0.906. The molecular weight excluding hydrogens is 274 g/mol. The van der Waals surface area contributed by atoms with Crippen molar-refractivity contribution in [3.8, 4) is 10.4 Å². The number of benzene rings is 2. The number of hydrogen-bond donors (Lipinski definition) is 0. The van der Waals surface area contributed by atoms with Crippen LogP contribution in [-0.4, -0.2) is 6.54 Å². The summed E-state index contributed by atoms with van der Waals surface area (Å²) in [5.41, 5.74) is 1.26. The third kappa shape index (κ3) is 3.22. The van der Waals surface area contributed by atoms with Gasteiger partial charge in [-0.05, 0) is 24.1 Å². The minimum Gasteiger partial charge on any atom is -0.285 e. The van der Waals surface area contributed by atoms with Gasteiger partial charge < -0.3 is 0 Å². The quantitative estimate of drug-likeness (QED) is 0.581. The molecule has 0 aliphatic heterocycles. The van der Waals surface area contributed by atoms with Crippen LogP contribution in [0.4, 0.5) is 0 Å². The molecule has 0 atom stereocenters. The highest BCUT2D eigenvalue weighted by molar-refractivity contribution is 7.21. The Morgan fingerprint density at radius 2 is 1.71 bits per heavy atom. The van der Waals surface area contributed by atoms with Crippen molar-refractivity contribution in [2.45, 2.75) is 19.8 Å². The van der Waals surface area contributed by atoms with Crippen LogP contribution in [0.2, 0.25) is 0 Å². The Labute approximate surface area is 129 Å². The van der Waals surface area contributed by atoms with E-state index in [-0.39, 0.29) is 0 Å². The zero-order valence-electron chi connectivity index (χ0n) is 12.3. The van der Waals surface area contributed by atoms with Crippen LogP contribution in [-0.2, 0) is 0 Å². The molecule has 1 aromatic heterocycles. The Morgan fingerprint density at radius 3 is 2.52 bits per heavy atom. The van der Waals surface area contributed by atoms with Gasteiger partial charge in [0.25, 0.3) is 0 Å². The molecule has 0 radical (unpaired) electrons. The number of fused-ring (bicyclic) bond motifs is 1. The van der Waals surface area contributed by atoms with E-state index in [0.29, 0.717) is 0 Å². The molecule has 3 aromatic rings. The Hall–Kier alpha value is -1.93. The zero-order valence-corrected chi connectivity index (χ0v) is 13.1. The van der Waals surface area contributed by atoms with Gasteiger partial charge in [-0.1, -0.05) is 61.9 Å². The van der Waals surface area contributed by atoms with Gasteiger partial charge in [0.15, 0.2) is 0 Å². The lowest BCUT2D eigenvalue weighted by molar-refractivity contribution is 0.796. The molecule has 1 nitrogen and oxygen atoms in total. The molecule has 0 unspecified atom stereocenters. The van der Waals surface area contributed by atoms with Gasteiger partial charge in [-0.2, -0.15) is 0 Å². The highest BCUT2D eigenvalue weighted by atomic mass is 32.1. The van der Waals surface area contributed by atoms with E-state index in [1.165, 1.54) is 26.9 Å². The van der Waals surface area contributed by atoms with E-state index in [1.807, 2.05) is 11.3 Å². The first-order valence-corrected chi connectivity index (χ1v) is 8.29. The molecule has 0 saturated carbocycles. The molecule has 3 rings (SSSR count). The maximum atomic E-state index is 4.82. The summed E-state index contributed by atoms with van der Waals surface area (Å²) in [5, 5.41) is 2.38. The maximum absolute atomic E-state index is 4.82. The zero-order chi connectivity index (χ0) is 14.5. The third-order valence-electron chi connectivity index (χ3n) is 3.50. The molecule has 0 fully saturated rings. The van der Waals surface area contributed by atoms with Crippen LogP contribution in [0.25, 0.3) is 20.5 Å². The second-order valence-corrected chi connectivity index (χ2v) is 6.18. The van der Waals surface area contributed by atoms with Gasteiger partial charge in [-0.3, -0.25) is 4.99 Å². The highest BCUT2D eigenvalue weighted by Crippen LogP contribution is 2.27. The Morgan fingerprint density at radius 1 is 0.952 bits per heavy atom. The van der Waals surface area contributed by atoms with Crippen molar-refractivity contribution in [1.29, 1.82) is 0 Å². The lowest BCUT2D eigenvalue weighted by Crippen LogP contribution is -2.04. The van der Waals surface area contributed by atoms with Crippen LogP contribution < -0.4 is 5.36 Å². The lowest BCUT2D eigenvalue weighted by atomic mass is 10.1. The van der Waals surface area contributed by atoms with Crippen LogP contribution in [0, 0.1) is 0 Å². The molecule has 0 aliphatic rings. The van der Waals surface area contributed by atoms with E-state index in [4.69, 9.17) is 4.99 Å². The summed E-state index contributed by atoms with van der Waals surface area (Å²) in [7, 11) is 0. The highest BCUT2D eigenvalue weighted by Gasteiger charge is 2.03. The van der Waals surface area contributed by atoms with E-state index in [1.54, 1.807) is 0 Å². The molecule has 0 aliphatic carbocycles. The number of nitrogens with zero attached hydrogens (tertiary/aromatic N) is 1. The minimum absolute atomic E-state index is 0.906. The first kappa shape index (κ1) is 14.0. The van der Waals surface area contributed by atoms with E-state index in [9.17, 15) is 0 Å². The topological polar surface area (TPSA) is 12.4 Å². The van der Waals surface area contributed by atoms with Crippen molar-refractivity contribution in [3.63, 3.8) is 0 Å². The lowest BCUT2D eigenvalue weighted by Gasteiger charge is -2.04. The molecule has 106 valence electrons. The monoisotopic (exact) mass is 293 g/mol. The van der Waals surface area contributed by atoms with Gasteiger partial charge in [0.1, 0.15) is 0 Å². The molecule has 1 heterocycles. The first-order chi connectivity index (χ1) is 10.4. The molecule has 0 N–H and O–H groups in total. The molecule has 21 heavy (non-hydrogen) atoms. The van der Waals surface area contributed by atoms with Crippen LogP contribution in [0.15, 0.2) is 65.7 Å². The summed E-state index contributed by atoms with van der Waals surface area (Å²) >= 11 is 1.83. The standard InChI is InChI=1S/C19H19NS/c1-2-3-13-20-17-14-19(15-9-5-4-6-10-15)21-18-12-8-7-11-16(17)18/h4-12,14H,2-3,13H2,1H3. The molecular formula is C19H19NS. The van der Waals surface area contributed by atoms with Gasteiger partial charge in [0, 0.05) is 21.5 Å². The molecule has 0 bridgehead atoms. The molecule has 0 spiro atoms. The fraction of sp³-hybridized carbons (Fsp3) is 0.211. The fourth-order valence-electron chi connectivity index (χ4n) is 2.35. The van der Waals surface area contributed by atoms with E-state index >= 15 is 0 Å². The van der Waals surface area contributed by atoms with Gasteiger partial charge in [0.05, 0.1) is 5.36 Å². The van der Waals surface area contributed by atoms with Gasteiger partial charge in [-0.25, -0.2) is 0 Å². The summed E-state index contributed by atoms with van der Waals surface area (Å²) in [4.78, 5) is 6.10. The van der Waals surface area contributed by atoms with Crippen molar-refractivity contribution >= 4 is 21.4 Å². The average Bonchev–Trinajstić information content (AvgIpc) is 2.55. The summed E-state index contributed by atoms with van der Waals surface area (Å²) in [6.07, 6.45) is 2.33. The van der Waals surface area contributed by atoms with Gasteiger partial charge in [-0.15, -0.1) is 11.3 Å². The Bertz CT molecular complexity index is 787. The van der Waals surface area contributed by atoms with Gasteiger partial charge >= 0.3 is 0 Å². The maximum Gasteiger partial charge on any atom is 0.0675 e. The van der Waals surface area contributed by atoms with Crippen molar-refractivity contribution < 1.29 is 0 Å². The second kappa shape index (κ2) is 6.68. The number of unbranched alkanes of at least 4 members (excludes halogenated alkanes) is 1. The van der Waals surface area contributed by atoms with Crippen molar-refractivity contribution in [2.24, 2.45) is 4.99 Å². The summed E-state index contributed by atoms with van der Waals surface area (Å²) in [5.74, 6) is 0. The number of rotatable bonds is 4. The summed E-state index contributed by atoms with van der Waals surface area (Å²) < 4.78 is 1.30. The normalized spacial score (nSPS) is 12.0. The average molecular weight is 293 g/mol. The van der Waals surface area contributed by atoms with E-state index in [2.05, 4.69) is 67.6 Å². The van der Waals surface area contributed by atoms with Crippen LogP contribution in [0.1, 0.15) is 19.8 Å². The first-order valence-electron chi connectivity index (χ1n) is 7.47. The number of hydrogen-bond acceptors (Lipinski definition) is 2. The van der Waals surface area contributed by atoms with Crippen LogP contribution in [0.3, 0.4) is 0 Å². The predicted molar refractivity (Wildman–Crippen MR) is 92.6 cm³/mol. The smallest absolute Gasteiger partial charge is 0.0675 e. The second-order valence-electron chi connectivity index (χ2n) is 5.09. The van der Waals surface area contributed by atoms with E-state index < -0.39 is 0 Å². The van der Waals surface area contributed by atoms with Crippen molar-refractivity contribution in [1.82, 2.24) is 0 Å². The largest absolute Gasteiger partial charge is 0.285 e. The third-order valence-corrected chi connectivity index (χ3v) is 4.65. The molecule has 0 saturated heterocycles. The van der Waals surface area contributed by atoms with Crippen LogP contribution >= 0.6 is 11.3 Å². The molecule has 0 amide bonds. The SMILES string of the molecule is CCCCN=c1cc(-c2ccccc2)sc2ccccc12. The summed E-state index contributed by atoms with van der Waals surface area (Å²) in [6.45, 7) is 3.11. The van der Waals surface area contributed by atoms with E-state index in [0.717, 1.165) is 18.3 Å². The summed E-state index contributed by atoms with van der Waals surface area (Å²) in [6, 6.07) is 21.3. The Kier molecular flexibility index (Phi) is 4.46. The van der Waals surface area contributed by atoms with Crippen LogP contribution in [0.5, 0.6) is 0 Å². The Balaban J connectivity index is 2.17. The van der Waals surface area contributed by atoms with Crippen molar-refractivity contribution in [2.75, 3.05) is 6.54 Å². The fourth-order valence-corrected chi connectivity index (χ4v) is 3.44. The molecule has 2 aromatic carbocycles. The molecule has 2 heteroatoms. The predicted octanol–water partition coefficient (Wildman–Crippen LogP) is 5.27.